The van der Waals surface area contributed by atoms with E-state index in [1.165, 1.54) is 6.07 Å². The molecule has 0 aliphatic carbocycles. The van der Waals surface area contributed by atoms with E-state index < -0.39 is 19.3 Å². The fraction of sp³-hybridized carbons (Fsp3) is 0.0741. The molecule has 0 aromatic heterocycles. The summed E-state index contributed by atoms with van der Waals surface area (Å²) in [6.07, 6.45) is -4.66. The minimum atomic E-state index is -5.03. The van der Waals surface area contributed by atoms with Crippen LogP contribution in [0.5, 0.6) is 0 Å². The molecule has 4 aromatic carbocycles. The lowest BCUT2D eigenvalue weighted by atomic mass is 10.2. The molecule has 0 heterocycles. The monoisotopic (exact) mass is 576 g/mol. The highest BCUT2D eigenvalue weighted by Gasteiger charge is 2.46. The summed E-state index contributed by atoms with van der Waals surface area (Å²) in [6.45, 7) is 0. The van der Waals surface area contributed by atoms with Crippen molar-refractivity contribution >= 4 is 62.3 Å². The molecule has 4 rings (SSSR count). The Balaban J connectivity index is 1.98. The van der Waals surface area contributed by atoms with E-state index in [1.807, 2.05) is 96.3 Å². The number of halogens is 5. The van der Waals surface area contributed by atoms with Crippen LogP contribution in [0, 0.1) is 0 Å². The van der Waals surface area contributed by atoms with Gasteiger partial charge in [0.2, 0.25) is 0 Å². The Morgan fingerprint density at radius 1 is 0.800 bits per heavy atom. The molecule has 2 nitrogen and oxygen atoms in total. The number of rotatable bonds is 6. The molecular formula is C27H20BrClF3NOP+. The fourth-order valence-corrected chi connectivity index (χ4v) is 8.86. The first-order valence-corrected chi connectivity index (χ1v) is 13.8. The highest BCUT2D eigenvalue weighted by atomic mass is 79.9. The zero-order valence-electron chi connectivity index (χ0n) is 18.3. The van der Waals surface area contributed by atoms with Gasteiger partial charge in [0.15, 0.2) is 0 Å². The maximum atomic E-state index is 13.1. The van der Waals surface area contributed by atoms with Crippen molar-refractivity contribution in [2.24, 2.45) is 0 Å². The lowest BCUT2D eigenvalue weighted by molar-refractivity contribution is -0.167. The van der Waals surface area contributed by atoms with Crippen LogP contribution in [0.15, 0.2) is 108 Å². The Bertz CT molecular complexity index is 1220. The maximum Gasteiger partial charge on any atom is 0.471 e. The third kappa shape index (κ3) is 5.45. The number of alkyl halides is 3. The van der Waals surface area contributed by atoms with E-state index in [2.05, 4.69) is 15.9 Å². The zero-order chi connectivity index (χ0) is 25.1. The standard InChI is InChI=1S/C27H19BrClF3NOP/c28-23-16-19(25(17-24(23)29)33-26(34)27(30,31)32)18-35(20-10-4-1-5-11-20,21-12-6-2-7-13-21)22-14-8-3-9-15-22/h1-17H,18H2/p+1. The van der Waals surface area contributed by atoms with E-state index in [9.17, 15) is 18.0 Å². The number of benzene rings is 4. The van der Waals surface area contributed by atoms with E-state index in [-0.39, 0.29) is 10.7 Å². The van der Waals surface area contributed by atoms with Gasteiger partial charge in [-0.3, -0.25) is 4.79 Å². The van der Waals surface area contributed by atoms with E-state index in [1.54, 1.807) is 6.07 Å². The van der Waals surface area contributed by atoms with Crippen molar-refractivity contribution in [1.29, 1.82) is 0 Å². The van der Waals surface area contributed by atoms with Crippen LogP contribution in [0.3, 0.4) is 0 Å². The molecule has 0 unspecified atom stereocenters. The Morgan fingerprint density at radius 3 is 1.63 bits per heavy atom. The van der Waals surface area contributed by atoms with Crippen LogP contribution >= 0.6 is 34.8 Å². The molecule has 0 bridgehead atoms. The van der Waals surface area contributed by atoms with Gasteiger partial charge in [0, 0.05) is 15.7 Å². The minimum Gasteiger partial charge on any atom is -0.318 e. The molecule has 0 radical (unpaired) electrons. The molecule has 0 fully saturated rings. The number of amides is 1. The van der Waals surface area contributed by atoms with E-state index in [4.69, 9.17) is 11.6 Å². The molecule has 35 heavy (non-hydrogen) atoms. The van der Waals surface area contributed by atoms with E-state index in [0.29, 0.717) is 16.2 Å². The van der Waals surface area contributed by atoms with Gasteiger partial charge in [-0.1, -0.05) is 66.2 Å². The van der Waals surface area contributed by atoms with Gasteiger partial charge >= 0.3 is 12.1 Å². The van der Waals surface area contributed by atoms with Crippen LogP contribution in [0.2, 0.25) is 5.02 Å². The van der Waals surface area contributed by atoms with Crippen LogP contribution in [-0.2, 0) is 11.0 Å². The van der Waals surface area contributed by atoms with Gasteiger partial charge in [-0.15, -0.1) is 0 Å². The highest BCUT2D eigenvalue weighted by Crippen LogP contribution is 2.59. The minimum absolute atomic E-state index is 0.0349. The van der Waals surface area contributed by atoms with Crippen molar-refractivity contribution in [3.8, 4) is 0 Å². The molecule has 0 aliphatic rings. The molecule has 4 aromatic rings. The molecule has 1 amide bonds. The van der Waals surface area contributed by atoms with Crippen molar-refractivity contribution in [2.45, 2.75) is 12.3 Å². The van der Waals surface area contributed by atoms with Gasteiger partial charge in [0.1, 0.15) is 29.3 Å². The van der Waals surface area contributed by atoms with Crippen LogP contribution in [0.25, 0.3) is 0 Å². The Morgan fingerprint density at radius 2 is 1.23 bits per heavy atom. The molecule has 1 N–H and O–H groups in total. The van der Waals surface area contributed by atoms with Crippen molar-refractivity contribution in [3.05, 3.63) is 118 Å². The summed E-state index contributed by atoms with van der Waals surface area (Å²) in [5.74, 6) is -2.04. The van der Waals surface area contributed by atoms with Crippen molar-refractivity contribution in [2.75, 3.05) is 5.32 Å². The second kappa shape index (κ2) is 10.5. The topological polar surface area (TPSA) is 29.1 Å². The Kier molecular flexibility index (Phi) is 7.65. The Hall–Kier alpha value is -2.66. The molecule has 0 aliphatic heterocycles. The Labute approximate surface area is 215 Å². The normalized spacial score (nSPS) is 11.8. The fourth-order valence-electron chi connectivity index (χ4n) is 4.05. The third-order valence-corrected chi connectivity index (χ3v) is 11.2. The van der Waals surface area contributed by atoms with E-state index in [0.717, 1.165) is 15.9 Å². The second-order valence-corrected chi connectivity index (χ2v) is 12.6. The van der Waals surface area contributed by atoms with Gasteiger partial charge in [-0.2, -0.15) is 13.2 Å². The lowest BCUT2D eigenvalue weighted by Gasteiger charge is -2.29. The first-order valence-electron chi connectivity index (χ1n) is 10.6. The number of hydrogen-bond acceptors (Lipinski definition) is 1. The van der Waals surface area contributed by atoms with Gasteiger partial charge in [0.25, 0.3) is 0 Å². The predicted octanol–water partition coefficient (Wildman–Crippen LogP) is 7.10. The van der Waals surface area contributed by atoms with Crippen LogP contribution < -0.4 is 21.2 Å². The average Bonchev–Trinajstić information content (AvgIpc) is 2.86. The smallest absolute Gasteiger partial charge is 0.318 e. The van der Waals surface area contributed by atoms with Crippen LogP contribution in [0.1, 0.15) is 5.56 Å². The number of nitrogens with one attached hydrogen (secondary N) is 1. The first kappa shape index (κ1) is 25.4. The summed E-state index contributed by atoms with van der Waals surface area (Å²) in [5, 5.41) is 5.45. The number of carbonyl (C=O) groups is 1. The summed E-state index contributed by atoms with van der Waals surface area (Å²) in [7, 11) is -2.42. The van der Waals surface area contributed by atoms with Gasteiger partial charge in [-0.05, 0) is 64.5 Å². The summed E-state index contributed by atoms with van der Waals surface area (Å²) in [5.41, 5.74) is 0.580. The lowest BCUT2D eigenvalue weighted by Crippen LogP contribution is -2.33. The van der Waals surface area contributed by atoms with Gasteiger partial charge in [-0.25, -0.2) is 0 Å². The molecule has 178 valence electrons. The molecular weight excluding hydrogens is 558 g/mol. The van der Waals surface area contributed by atoms with Crippen molar-refractivity contribution in [1.82, 2.24) is 0 Å². The van der Waals surface area contributed by atoms with Gasteiger partial charge < -0.3 is 5.32 Å². The van der Waals surface area contributed by atoms with Gasteiger partial charge in [0.05, 0.1) is 5.02 Å². The third-order valence-electron chi connectivity index (χ3n) is 5.65. The maximum absolute atomic E-state index is 13.1. The molecule has 0 atom stereocenters. The molecule has 8 heteroatoms. The van der Waals surface area contributed by atoms with Crippen molar-refractivity contribution < 1.29 is 18.0 Å². The predicted molar refractivity (Wildman–Crippen MR) is 143 cm³/mol. The molecule has 0 spiro atoms. The molecule has 0 saturated carbocycles. The summed E-state index contributed by atoms with van der Waals surface area (Å²) in [6, 6.07) is 32.9. The summed E-state index contributed by atoms with van der Waals surface area (Å²) in [4.78, 5) is 11.9. The number of anilines is 1. The van der Waals surface area contributed by atoms with Crippen LogP contribution in [-0.4, -0.2) is 12.1 Å². The quantitative estimate of drug-likeness (QED) is 0.244. The number of hydrogen-bond donors (Lipinski definition) is 1. The van der Waals surface area contributed by atoms with Crippen LogP contribution in [0.4, 0.5) is 18.9 Å². The summed E-state index contributed by atoms with van der Waals surface area (Å²) >= 11 is 9.64. The van der Waals surface area contributed by atoms with Crippen molar-refractivity contribution in [3.63, 3.8) is 0 Å². The second-order valence-electron chi connectivity index (χ2n) is 7.85. The SMILES string of the molecule is O=C(Nc1cc(Cl)c(Br)cc1C[P+](c1ccccc1)(c1ccccc1)c1ccccc1)C(F)(F)F. The average molecular weight is 578 g/mol. The zero-order valence-corrected chi connectivity index (χ0v) is 21.5. The molecule has 0 saturated heterocycles. The highest BCUT2D eigenvalue weighted by molar-refractivity contribution is 9.10. The van der Waals surface area contributed by atoms with E-state index >= 15 is 0 Å². The number of carbonyl (C=O) groups excluding carboxylic acids is 1. The first-order chi connectivity index (χ1) is 16.7. The summed E-state index contributed by atoms with van der Waals surface area (Å²) < 4.78 is 39.9. The largest absolute Gasteiger partial charge is 0.471 e.